The van der Waals surface area contributed by atoms with Gasteiger partial charge in [0.05, 0.1) is 23.3 Å². The number of hydrogen-bond donors (Lipinski definition) is 0. The molecule has 4 rings (SSSR count). The van der Waals surface area contributed by atoms with Crippen LogP contribution in [-0.4, -0.2) is 22.9 Å². The minimum absolute atomic E-state index is 0.687. The van der Waals surface area contributed by atoms with Gasteiger partial charge in [0.2, 0.25) is 0 Å². The number of anilines is 1. The van der Waals surface area contributed by atoms with Crippen molar-refractivity contribution in [2.75, 3.05) is 18.0 Å². The van der Waals surface area contributed by atoms with Crippen molar-refractivity contribution in [3.63, 3.8) is 0 Å². The van der Waals surface area contributed by atoms with Crippen LogP contribution >= 0.6 is 0 Å². The second-order valence-corrected chi connectivity index (χ2v) is 6.36. The highest BCUT2D eigenvalue weighted by molar-refractivity contribution is 5.53. The Morgan fingerprint density at radius 1 is 0.905 bits per heavy atom. The second-order valence-electron chi connectivity index (χ2n) is 6.36. The summed E-state index contributed by atoms with van der Waals surface area (Å²) in [5.41, 5.74) is 3.90. The Labute approximate surface area is 126 Å². The van der Waals surface area contributed by atoms with Gasteiger partial charge in [-0.1, -0.05) is 24.6 Å². The van der Waals surface area contributed by atoms with Crippen molar-refractivity contribution in [1.29, 1.82) is 0 Å². The largest absolute Gasteiger partial charge is 0.369 e. The first-order chi connectivity index (χ1) is 10.4. The van der Waals surface area contributed by atoms with Gasteiger partial charge in [0.25, 0.3) is 0 Å². The normalized spacial score (nSPS) is 19.5. The number of hydrogen-bond acceptors (Lipinski definition) is 2. The van der Waals surface area contributed by atoms with E-state index in [0.29, 0.717) is 5.92 Å². The molecule has 2 aromatic rings. The zero-order chi connectivity index (χ0) is 14.1. The predicted octanol–water partition coefficient (Wildman–Crippen LogP) is 4.13. The Hall–Kier alpha value is -1.77. The van der Waals surface area contributed by atoms with Crippen molar-refractivity contribution >= 4 is 5.69 Å². The highest BCUT2D eigenvalue weighted by Crippen LogP contribution is 2.41. The fourth-order valence-corrected chi connectivity index (χ4v) is 3.44. The average molecular weight is 281 g/mol. The number of piperidine rings is 1. The van der Waals surface area contributed by atoms with E-state index in [-0.39, 0.29) is 0 Å². The maximum Gasteiger partial charge on any atom is 0.0893 e. The van der Waals surface area contributed by atoms with Crippen molar-refractivity contribution < 1.29 is 0 Å². The van der Waals surface area contributed by atoms with E-state index in [1.54, 1.807) is 0 Å². The Morgan fingerprint density at radius 3 is 2.33 bits per heavy atom. The first kappa shape index (κ1) is 12.9. The summed E-state index contributed by atoms with van der Waals surface area (Å²) in [7, 11) is 0. The van der Waals surface area contributed by atoms with Crippen LogP contribution in [0.15, 0.2) is 36.5 Å². The minimum Gasteiger partial charge on any atom is -0.369 e. The lowest BCUT2D eigenvalue weighted by atomic mass is 9.82. The molecule has 2 heterocycles. The van der Waals surface area contributed by atoms with Gasteiger partial charge in [-0.2, -0.15) is 5.10 Å². The zero-order valence-electron chi connectivity index (χ0n) is 12.5. The molecule has 0 atom stereocenters. The van der Waals surface area contributed by atoms with Crippen molar-refractivity contribution in [3.8, 4) is 5.69 Å². The molecule has 110 valence electrons. The molecule has 1 aliphatic carbocycles. The van der Waals surface area contributed by atoms with Crippen LogP contribution in [0.3, 0.4) is 0 Å². The Balaban J connectivity index is 1.71. The monoisotopic (exact) mass is 281 g/mol. The first-order valence-corrected chi connectivity index (χ1v) is 8.32. The summed E-state index contributed by atoms with van der Waals surface area (Å²) in [5.74, 6) is 0.687. The first-order valence-electron chi connectivity index (χ1n) is 8.32. The summed E-state index contributed by atoms with van der Waals surface area (Å²) in [6, 6.07) is 10.5. The summed E-state index contributed by atoms with van der Waals surface area (Å²) in [6.45, 7) is 2.39. The van der Waals surface area contributed by atoms with E-state index >= 15 is 0 Å². The van der Waals surface area contributed by atoms with Gasteiger partial charge in [0.15, 0.2) is 0 Å². The summed E-state index contributed by atoms with van der Waals surface area (Å²) in [5, 5.41) is 4.95. The third kappa shape index (κ3) is 2.45. The number of para-hydroxylation sites is 1. The van der Waals surface area contributed by atoms with Crippen LogP contribution in [0.5, 0.6) is 0 Å². The molecule has 1 aromatic carbocycles. The number of aromatic nitrogens is 2. The quantitative estimate of drug-likeness (QED) is 0.843. The molecule has 3 nitrogen and oxygen atoms in total. The smallest absolute Gasteiger partial charge is 0.0893 e. The van der Waals surface area contributed by atoms with Crippen LogP contribution in [0.25, 0.3) is 5.69 Å². The Morgan fingerprint density at radius 2 is 1.67 bits per heavy atom. The van der Waals surface area contributed by atoms with E-state index in [9.17, 15) is 0 Å². The molecule has 0 amide bonds. The molecule has 1 aliphatic heterocycles. The lowest BCUT2D eigenvalue weighted by Crippen LogP contribution is -2.30. The van der Waals surface area contributed by atoms with Gasteiger partial charge in [-0.05, 0) is 44.2 Å². The fraction of sp³-hybridized carbons (Fsp3) is 0.500. The fourth-order valence-electron chi connectivity index (χ4n) is 3.44. The van der Waals surface area contributed by atoms with Gasteiger partial charge in [0.1, 0.15) is 0 Å². The summed E-state index contributed by atoms with van der Waals surface area (Å²) in [6.07, 6.45) is 10.3. The van der Waals surface area contributed by atoms with Gasteiger partial charge in [0, 0.05) is 19.0 Å². The Kier molecular flexibility index (Phi) is 3.42. The highest BCUT2D eigenvalue weighted by Gasteiger charge is 2.28. The second kappa shape index (κ2) is 5.55. The molecule has 21 heavy (non-hydrogen) atoms. The van der Waals surface area contributed by atoms with E-state index in [0.717, 1.165) is 0 Å². The topological polar surface area (TPSA) is 21.1 Å². The van der Waals surface area contributed by atoms with Gasteiger partial charge in [-0.3, -0.25) is 0 Å². The van der Waals surface area contributed by atoms with Gasteiger partial charge >= 0.3 is 0 Å². The molecule has 0 spiro atoms. The third-order valence-electron chi connectivity index (χ3n) is 4.93. The van der Waals surface area contributed by atoms with Crippen LogP contribution < -0.4 is 4.90 Å². The summed E-state index contributed by atoms with van der Waals surface area (Å²) in [4.78, 5) is 2.56. The number of rotatable bonds is 3. The van der Waals surface area contributed by atoms with Crippen LogP contribution in [0.4, 0.5) is 5.69 Å². The van der Waals surface area contributed by atoms with Crippen molar-refractivity contribution in [3.05, 3.63) is 42.2 Å². The summed E-state index contributed by atoms with van der Waals surface area (Å²) < 4.78 is 2.08. The molecule has 1 aromatic heterocycles. The van der Waals surface area contributed by atoms with Crippen molar-refractivity contribution in [2.45, 2.75) is 44.4 Å². The van der Waals surface area contributed by atoms with Crippen LogP contribution in [0.1, 0.15) is 50.1 Å². The standard InChI is InChI=1S/C18H23N3/c1-3-10-16(11-4-1)21-14-17(20-12-5-2-6-13-20)18(19-21)15-8-7-9-15/h1,3-4,10-11,14-15H,2,5-9,12-13H2. The molecule has 2 fully saturated rings. The number of benzene rings is 1. The van der Waals surface area contributed by atoms with E-state index < -0.39 is 0 Å². The maximum atomic E-state index is 4.95. The third-order valence-corrected chi connectivity index (χ3v) is 4.93. The van der Waals surface area contributed by atoms with Crippen molar-refractivity contribution in [1.82, 2.24) is 9.78 Å². The van der Waals surface area contributed by atoms with Gasteiger partial charge < -0.3 is 4.90 Å². The van der Waals surface area contributed by atoms with Gasteiger partial charge in [-0.15, -0.1) is 0 Å². The average Bonchev–Trinajstić information content (AvgIpc) is 2.92. The van der Waals surface area contributed by atoms with E-state index in [2.05, 4.69) is 46.1 Å². The molecule has 0 N–H and O–H groups in total. The minimum atomic E-state index is 0.687. The lowest BCUT2D eigenvalue weighted by Gasteiger charge is -2.31. The SMILES string of the molecule is c1ccc(-n2cc(N3CCCCC3)c(C3CCC3)n2)cc1. The molecule has 0 radical (unpaired) electrons. The van der Waals surface area contributed by atoms with Crippen LogP contribution in [0, 0.1) is 0 Å². The molecular weight excluding hydrogens is 258 g/mol. The van der Waals surface area contributed by atoms with Crippen molar-refractivity contribution in [2.24, 2.45) is 0 Å². The summed E-state index contributed by atoms with van der Waals surface area (Å²) >= 11 is 0. The highest BCUT2D eigenvalue weighted by atomic mass is 15.3. The molecule has 1 saturated carbocycles. The predicted molar refractivity (Wildman–Crippen MR) is 86.2 cm³/mol. The molecule has 2 aliphatic rings. The molecule has 0 bridgehead atoms. The van der Waals surface area contributed by atoms with E-state index in [4.69, 9.17) is 5.10 Å². The molecule has 3 heteroatoms. The van der Waals surface area contributed by atoms with Gasteiger partial charge in [-0.25, -0.2) is 4.68 Å². The van der Waals surface area contributed by atoms with E-state index in [1.165, 1.54) is 68.7 Å². The van der Waals surface area contributed by atoms with Crippen LogP contribution in [-0.2, 0) is 0 Å². The maximum absolute atomic E-state index is 4.95. The van der Waals surface area contributed by atoms with E-state index in [1.807, 2.05) is 0 Å². The van der Waals surface area contributed by atoms with Crippen LogP contribution in [0.2, 0.25) is 0 Å². The molecular formula is C18H23N3. The number of nitrogens with zero attached hydrogens (tertiary/aromatic N) is 3. The lowest BCUT2D eigenvalue weighted by molar-refractivity contribution is 0.408. The molecule has 1 saturated heterocycles. The molecule has 0 unspecified atom stereocenters. The Bertz CT molecular complexity index is 592. The zero-order valence-corrected chi connectivity index (χ0v) is 12.5.